The number of aryl methyl sites for hydroxylation is 4. The van der Waals surface area contributed by atoms with Gasteiger partial charge in [-0.1, -0.05) is 197 Å². The number of para-hydroxylation sites is 4. The second-order valence-corrected chi connectivity index (χ2v) is 25.4. The van der Waals surface area contributed by atoms with Crippen LogP contribution in [0.1, 0.15) is 74.9 Å². The second kappa shape index (κ2) is 18.1. The van der Waals surface area contributed by atoms with Crippen molar-refractivity contribution < 1.29 is 0 Å². The summed E-state index contributed by atoms with van der Waals surface area (Å²) < 4.78 is 5.14. The van der Waals surface area contributed by atoms with Crippen LogP contribution < -0.4 is 9.80 Å². The van der Waals surface area contributed by atoms with Gasteiger partial charge in [0.15, 0.2) is 0 Å². The number of hydrogen-bond donors (Lipinski definition) is 0. The molecule has 0 fully saturated rings. The Bertz CT molecular complexity index is 4680. The van der Waals surface area contributed by atoms with Crippen LogP contribution in [0.5, 0.6) is 0 Å². The molecule has 0 saturated carbocycles. The fraction of sp³-hybridized carbons (Fsp3) is 0.154. The summed E-state index contributed by atoms with van der Waals surface area (Å²) >= 11 is 0. The smallest absolute Gasteiger partial charge is 0.0641 e. The van der Waals surface area contributed by atoms with Gasteiger partial charge in [0.2, 0.25) is 0 Å². The fourth-order valence-corrected chi connectivity index (χ4v) is 13.9. The van der Waals surface area contributed by atoms with Gasteiger partial charge in [0.25, 0.3) is 0 Å². The van der Waals surface area contributed by atoms with Crippen LogP contribution >= 0.6 is 0 Å². The SMILES string of the molecule is Cc1cc(C)cc(-c2cc(C(C)(C)C)ccc2N(c2ccccc2)c2ccc3c4cc5c(cc4n4c6ccccc6c2c34)c2ccc(N(c3ccccc3)c3ccc(C(C)(C)C)cc3-c3cc(C)cc(C)c3)c3c4ccccc4n5c23)c1. The summed E-state index contributed by atoms with van der Waals surface area (Å²) in [5, 5.41) is 9.95. The van der Waals surface area contributed by atoms with Crippen LogP contribution in [-0.2, 0) is 10.8 Å². The highest BCUT2D eigenvalue weighted by molar-refractivity contribution is 6.32. The standard InChI is InChI=1S/C78H66N4/c1-47-37-48(2)40-51(39-47)61-43-53(77(5,6)7)29-33-67(61)79(55-21-13-11-14-22-55)69-35-31-57-63-45-72-64(46-71(63)81-65-27-19-17-25-59(65)73(69)75(57)81)58-32-36-70(74-60-26-18-20-28-66(60)82(72)76(58)74)80(56-23-15-12-16-24-56)68-34-30-54(78(8,9)10)44-62(68)52-41-49(3)38-50(4)42-52/h11-46H,1-10H3. The van der Waals surface area contributed by atoms with Crippen molar-refractivity contribution in [3.63, 3.8) is 0 Å². The largest absolute Gasteiger partial charge is 0.309 e. The van der Waals surface area contributed by atoms with Crippen molar-refractivity contribution in [1.29, 1.82) is 0 Å². The highest BCUT2D eigenvalue weighted by Gasteiger charge is 2.30. The average molecular weight is 1060 g/mol. The van der Waals surface area contributed by atoms with Crippen molar-refractivity contribution in [3.05, 3.63) is 252 Å². The van der Waals surface area contributed by atoms with E-state index in [-0.39, 0.29) is 10.8 Å². The lowest BCUT2D eigenvalue weighted by Crippen LogP contribution is -2.15. The summed E-state index contributed by atoms with van der Waals surface area (Å²) in [5.74, 6) is 0. The molecule has 4 aromatic heterocycles. The second-order valence-electron chi connectivity index (χ2n) is 25.4. The van der Waals surface area contributed by atoms with E-state index < -0.39 is 0 Å². The van der Waals surface area contributed by atoms with E-state index >= 15 is 0 Å². The minimum Gasteiger partial charge on any atom is -0.309 e. The van der Waals surface area contributed by atoms with Crippen molar-refractivity contribution in [2.24, 2.45) is 0 Å². The van der Waals surface area contributed by atoms with Gasteiger partial charge in [-0.05, 0) is 146 Å². The van der Waals surface area contributed by atoms with Crippen LogP contribution in [-0.4, -0.2) is 8.80 Å². The van der Waals surface area contributed by atoms with Crippen molar-refractivity contribution in [1.82, 2.24) is 8.80 Å². The van der Waals surface area contributed by atoms with Crippen LogP contribution in [0.4, 0.5) is 34.1 Å². The van der Waals surface area contributed by atoms with E-state index in [1.54, 1.807) is 0 Å². The quantitative estimate of drug-likeness (QED) is 0.151. The Morgan fingerprint density at radius 3 is 1.02 bits per heavy atom. The summed E-state index contributed by atoms with van der Waals surface area (Å²) in [6, 6.07) is 83.0. The topological polar surface area (TPSA) is 15.3 Å². The molecule has 0 aliphatic carbocycles. The minimum atomic E-state index is -0.0366. The van der Waals surface area contributed by atoms with Crippen LogP contribution in [0.3, 0.4) is 0 Å². The molecule has 0 bridgehead atoms. The van der Waals surface area contributed by atoms with Crippen LogP contribution in [0.2, 0.25) is 0 Å². The molecule has 0 N–H and O–H groups in total. The monoisotopic (exact) mass is 1060 g/mol. The van der Waals surface area contributed by atoms with Gasteiger partial charge in [0.05, 0.1) is 55.8 Å². The molecule has 0 spiro atoms. The van der Waals surface area contributed by atoms with Gasteiger partial charge >= 0.3 is 0 Å². The molecule has 0 atom stereocenters. The van der Waals surface area contributed by atoms with E-state index in [9.17, 15) is 0 Å². The molecule has 398 valence electrons. The van der Waals surface area contributed by atoms with Crippen molar-refractivity contribution in [3.8, 4) is 22.3 Å². The number of aromatic nitrogens is 2. The molecular formula is C78H66N4. The maximum atomic E-state index is 2.57. The summed E-state index contributed by atoms with van der Waals surface area (Å²) in [4.78, 5) is 5.05. The van der Waals surface area contributed by atoms with Crippen LogP contribution in [0, 0.1) is 27.7 Å². The lowest BCUT2D eigenvalue weighted by Gasteiger charge is -2.30. The molecule has 0 saturated heterocycles. The molecule has 15 aromatic rings. The maximum absolute atomic E-state index is 2.57. The summed E-state index contributed by atoms with van der Waals surface area (Å²) in [5.41, 5.74) is 26.6. The van der Waals surface area contributed by atoms with E-state index in [2.05, 4.69) is 306 Å². The number of hydrogen-bond acceptors (Lipinski definition) is 2. The number of rotatable bonds is 8. The molecular weight excluding hydrogens is 993 g/mol. The lowest BCUT2D eigenvalue weighted by molar-refractivity contribution is 0.590. The van der Waals surface area contributed by atoms with Gasteiger partial charge in [0, 0.05) is 65.6 Å². The predicted octanol–water partition coefficient (Wildman–Crippen LogP) is 22.1. The molecule has 15 rings (SSSR count). The average Bonchev–Trinajstić information content (AvgIpc) is 1.62. The van der Waals surface area contributed by atoms with E-state index in [1.807, 2.05) is 0 Å². The van der Waals surface area contributed by atoms with Crippen molar-refractivity contribution >= 4 is 110 Å². The first kappa shape index (κ1) is 49.6. The van der Waals surface area contributed by atoms with Gasteiger partial charge in [0.1, 0.15) is 0 Å². The molecule has 0 unspecified atom stereocenters. The number of benzene rings is 11. The summed E-state index contributed by atoms with van der Waals surface area (Å²) in [6.07, 6.45) is 0. The van der Waals surface area contributed by atoms with E-state index in [0.717, 1.165) is 34.1 Å². The summed E-state index contributed by atoms with van der Waals surface area (Å²) in [7, 11) is 0. The minimum absolute atomic E-state index is 0.0366. The Morgan fingerprint density at radius 2 is 0.646 bits per heavy atom. The Hall–Kier alpha value is -9.38. The normalized spacial score (nSPS) is 12.5. The van der Waals surface area contributed by atoms with Gasteiger partial charge in [-0.3, -0.25) is 0 Å². The molecule has 11 aromatic carbocycles. The van der Waals surface area contributed by atoms with Gasteiger partial charge in [-0.25, -0.2) is 0 Å². The van der Waals surface area contributed by atoms with Gasteiger partial charge < -0.3 is 18.6 Å². The zero-order chi connectivity index (χ0) is 56.1. The molecule has 4 heteroatoms. The summed E-state index contributed by atoms with van der Waals surface area (Å²) in [6.45, 7) is 22.7. The van der Waals surface area contributed by atoms with E-state index in [4.69, 9.17) is 0 Å². The Kier molecular flexibility index (Phi) is 10.9. The third-order valence-corrected chi connectivity index (χ3v) is 17.5. The Labute approximate surface area is 480 Å². The van der Waals surface area contributed by atoms with E-state index in [1.165, 1.54) is 132 Å². The van der Waals surface area contributed by atoms with Crippen LogP contribution in [0.15, 0.2) is 218 Å². The van der Waals surface area contributed by atoms with Crippen molar-refractivity contribution in [2.45, 2.75) is 80.1 Å². The molecule has 0 aliphatic rings. The highest BCUT2D eigenvalue weighted by atomic mass is 15.2. The number of anilines is 6. The van der Waals surface area contributed by atoms with Gasteiger partial charge in [-0.15, -0.1) is 0 Å². The van der Waals surface area contributed by atoms with Gasteiger partial charge in [-0.2, -0.15) is 0 Å². The highest BCUT2D eigenvalue weighted by Crippen LogP contribution is 2.53. The first-order valence-corrected chi connectivity index (χ1v) is 29.1. The maximum Gasteiger partial charge on any atom is 0.0641 e. The molecule has 0 amide bonds. The number of nitrogens with zero attached hydrogens (tertiary/aromatic N) is 4. The molecule has 0 radical (unpaired) electrons. The molecule has 82 heavy (non-hydrogen) atoms. The predicted molar refractivity (Wildman–Crippen MR) is 352 cm³/mol. The zero-order valence-corrected chi connectivity index (χ0v) is 48.6. The number of fused-ring (bicyclic) bond motifs is 12. The zero-order valence-electron chi connectivity index (χ0n) is 48.6. The molecule has 4 heterocycles. The first-order valence-electron chi connectivity index (χ1n) is 29.1. The Balaban J connectivity index is 1.00. The third-order valence-electron chi connectivity index (χ3n) is 17.5. The molecule has 0 aliphatic heterocycles. The third kappa shape index (κ3) is 7.57. The van der Waals surface area contributed by atoms with Crippen molar-refractivity contribution in [2.75, 3.05) is 9.80 Å². The van der Waals surface area contributed by atoms with E-state index in [0.29, 0.717) is 0 Å². The first-order chi connectivity index (χ1) is 39.6. The fourth-order valence-electron chi connectivity index (χ4n) is 13.9. The Morgan fingerprint density at radius 1 is 0.293 bits per heavy atom. The van der Waals surface area contributed by atoms with Crippen LogP contribution in [0.25, 0.3) is 98.4 Å². The molecule has 4 nitrogen and oxygen atoms in total. The lowest BCUT2D eigenvalue weighted by atomic mass is 9.84.